The van der Waals surface area contributed by atoms with Gasteiger partial charge in [-0.15, -0.1) is 0 Å². The zero-order valence-electron chi connectivity index (χ0n) is 35.3. The number of ether oxygens (including phenoxy) is 5. The molecular formula is C51H48BrN3O8. The van der Waals surface area contributed by atoms with Crippen LogP contribution in [-0.2, 0) is 42.6 Å². The molecule has 7 rings (SSSR count). The van der Waals surface area contributed by atoms with Gasteiger partial charge in [0.15, 0.2) is 5.78 Å². The fourth-order valence-corrected chi connectivity index (χ4v) is 8.33. The van der Waals surface area contributed by atoms with Crippen LogP contribution in [0.4, 0.5) is 0 Å². The van der Waals surface area contributed by atoms with Gasteiger partial charge in [0.2, 0.25) is 0 Å². The number of Topliss-reactive ketones (excluding diaryl/α,β-unsaturated/α-hetero) is 1. The van der Waals surface area contributed by atoms with Gasteiger partial charge in [-0.25, -0.2) is 0 Å². The molecule has 0 fully saturated rings. The second-order valence-electron chi connectivity index (χ2n) is 14.7. The van der Waals surface area contributed by atoms with E-state index < -0.39 is 17.5 Å². The average Bonchev–Trinajstić information content (AvgIpc) is 3.61. The van der Waals surface area contributed by atoms with Gasteiger partial charge in [0, 0.05) is 36.4 Å². The van der Waals surface area contributed by atoms with Crippen molar-refractivity contribution in [1.82, 2.24) is 14.9 Å². The van der Waals surface area contributed by atoms with Crippen molar-refractivity contribution in [2.45, 2.75) is 31.6 Å². The number of hydrogen-bond donors (Lipinski definition) is 1. The number of halogens is 1. The van der Waals surface area contributed by atoms with Crippen molar-refractivity contribution in [3.63, 3.8) is 0 Å². The van der Waals surface area contributed by atoms with Crippen molar-refractivity contribution in [2.75, 3.05) is 41.0 Å². The summed E-state index contributed by atoms with van der Waals surface area (Å²) in [5.41, 5.74) is 6.85. The van der Waals surface area contributed by atoms with Crippen LogP contribution in [0.3, 0.4) is 0 Å². The number of carbonyl (C=O) groups excluding carboxylic acids is 3. The molecule has 0 atom stereocenters. The van der Waals surface area contributed by atoms with Crippen LogP contribution in [0.2, 0.25) is 0 Å². The zero-order chi connectivity index (χ0) is 44.2. The lowest BCUT2D eigenvalue weighted by molar-refractivity contribution is -0.149. The summed E-state index contributed by atoms with van der Waals surface area (Å²) < 4.78 is 30.7. The van der Waals surface area contributed by atoms with Crippen LogP contribution in [0, 0.1) is 0 Å². The maximum Gasteiger partial charge on any atom is 0.306 e. The summed E-state index contributed by atoms with van der Waals surface area (Å²) in [6.07, 6.45) is 3.47. The van der Waals surface area contributed by atoms with Crippen molar-refractivity contribution in [3.05, 3.63) is 184 Å². The SMILES string of the molecule is COC(=O)CCC(=O)OCc1ccc(Cn2c(C(=O)CNCCOC(c3ccccc3)(c3ccc(OC)cc3)c3ccc(OC)cc3)c(Br)c3ccc(-c4cccnc4)cc32)cc1. The molecule has 5 aromatic carbocycles. The number of aromatic nitrogens is 2. The fraction of sp³-hybridized carbons (Fsp3) is 0.216. The smallest absolute Gasteiger partial charge is 0.306 e. The predicted octanol–water partition coefficient (Wildman–Crippen LogP) is 9.31. The zero-order valence-corrected chi connectivity index (χ0v) is 36.9. The summed E-state index contributed by atoms with van der Waals surface area (Å²) in [6.45, 7) is 1.16. The first-order chi connectivity index (χ1) is 30.7. The number of pyridine rings is 1. The van der Waals surface area contributed by atoms with E-state index in [-0.39, 0.29) is 38.4 Å². The molecule has 0 aliphatic rings. The molecule has 12 heteroatoms. The minimum atomic E-state index is -0.991. The van der Waals surface area contributed by atoms with Crippen molar-refractivity contribution < 1.29 is 38.1 Å². The van der Waals surface area contributed by atoms with Crippen LogP contribution in [0.15, 0.2) is 150 Å². The number of nitrogens with zero attached hydrogens (tertiary/aromatic N) is 2. The molecule has 0 spiro atoms. The minimum absolute atomic E-state index is 0.0361. The normalized spacial score (nSPS) is 11.3. The average molecular weight is 911 g/mol. The summed E-state index contributed by atoms with van der Waals surface area (Å²) in [4.78, 5) is 42.3. The first kappa shape index (κ1) is 44.5. The Hall–Kier alpha value is -6.60. The van der Waals surface area contributed by atoms with Gasteiger partial charge in [0.25, 0.3) is 0 Å². The molecule has 2 aromatic heterocycles. The second kappa shape index (κ2) is 21.0. The molecule has 0 unspecified atom stereocenters. The van der Waals surface area contributed by atoms with Crippen molar-refractivity contribution >= 4 is 44.6 Å². The van der Waals surface area contributed by atoms with E-state index in [1.54, 1.807) is 20.4 Å². The van der Waals surface area contributed by atoms with Gasteiger partial charge in [-0.2, -0.15) is 0 Å². The molecule has 1 N–H and O–H groups in total. The van der Waals surface area contributed by atoms with E-state index in [1.807, 2.05) is 126 Å². The Balaban J connectivity index is 1.12. The van der Waals surface area contributed by atoms with Crippen LogP contribution in [0.25, 0.3) is 22.0 Å². The van der Waals surface area contributed by atoms with Gasteiger partial charge in [-0.3, -0.25) is 19.4 Å². The first-order valence-corrected chi connectivity index (χ1v) is 21.3. The van der Waals surface area contributed by atoms with E-state index in [2.05, 4.69) is 49.2 Å². The van der Waals surface area contributed by atoms with Gasteiger partial charge in [-0.05, 0) is 85.7 Å². The third-order valence-corrected chi connectivity index (χ3v) is 11.6. The molecule has 11 nitrogen and oxygen atoms in total. The van der Waals surface area contributed by atoms with Gasteiger partial charge < -0.3 is 33.6 Å². The van der Waals surface area contributed by atoms with Crippen LogP contribution in [-0.4, -0.2) is 68.3 Å². The summed E-state index contributed by atoms with van der Waals surface area (Å²) in [5.74, 6) is 0.420. The third-order valence-electron chi connectivity index (χ3n) is 10.8. The Morgan fingerprint density at radius 3 is 1.95 bits per heavy atom. The van der Waals surface area contributed by atoms with Crippen LogP contribution >= 0.6 is 15.9 Å². The Labute approximate surface area is 375 Å². The monoisotopic (exact) mass is 909 g/mol. The number of benzene rings is 5. The molecule has 0 aliphatic heterocycles. The van der Waals surface area contributed by atoms with Crippen LogP contribution in [0.1, 0.15) is 51.1 Å². The number of methoxy groups -OCH3 is 3. The number of esters is 2. The van der Waals surface area contributed by atoms with E-state index in [0.29, 0.717) is 23.3 Å². The predicted molar refractivity (Wildman–Crippen MR) is 245 cm³/mol. The van der Waals surface area contributed by atoms with Crippen LogP contribution < -0.4 is 14.8 Å². The number of ketones is 1. The van der Waals surface area contributed by atoms with E-state index in [9.17, 15) is 14.4 Å². The molecule has 0 saturated carbocycles. The van der Waals surface area contributed by atoms with Gasteiger partial charge in [0.05, 0.1) is 57.3 Å². The van der Waals surface area contributed by atoms with Crippen molar-refractivity contribution in [1.29, 1.82) is 0 Å². The summed E-state index contributed by atoms with van der Waals surface area (Å²) >= 11 is 3.81. The first-order valence-electron chi connectivity index (χ1n) is 20.5. The lowest BCUT2D eigenvalue weighted by Gasteiger charge is -2.36. The molecule has 0 bridgehead atoms. The Kier molecular flexibility index (Phi) is 14.8. The Morgan fingerprint density at radius 2 is 1.33 bits per heavy atom. The summed E-state index contributed by atoms with van der Waals surface area (Å²) in [6, 6.07) is 43.6. The second-order valence-corrected chi connectivity index (χ2v) is 15.5. The molecule has 0 radical (unpaired) electrons. The number of carbonyl (C=O) groups is 3. The Bertz CT molecular complexity index is 2590. The van der Waals surface area contributed by atoms with Gasteiger partial charge >= 0.3 is 11.9 Å². The van der Waals surface area contributed by atoms with Gasteiger partial charge in [0.1, 0.15) is 29.4 Å². The van der Waals surface area contributed by atoms with E-state index in [1.165, 1.54) is 7.11 Å². The highest BCUT2D eigenvalue weighted by atomic mass is 79.9. The third kappa shape index (κ3) is 10.4. The fourth-order valence-electron chi connectivity index (χ4n) is 7.56. The lowest BCUT2D eigenvalue weighted by Crippen LogP contribution is -2.36. The highest BCUT2D eigenvalue weighted by Gasteiger charge is 2.38. The molecule has 322 valence electrons. The molecule has 63 heavy (non-hydrogen) atoms. The maximum atomic E-state index is 14.4. The summed E-state index contributed by atoms with van der Waals surface area (Å²) in [7, 11) is 4.57. The van der Waals surface area contributed by atoms with Crippen molar-refractivity contribution in [3.8, 4) is 22.6 Å². The molecule has 0 aliphatic carbocycles. The molecule has 0 saturated heterocycles. The molecular weight excluding hydrogens is 862 g/mol. The quantitative estimate of drug-likeness (QED) is 0.0342. The van der Waals surface area contributed by atoms with Gasteiger partial charge in [-0.1, -0.05) is 97.1 Å². The lowest BCUT2D eigenvalue weighted by atomic mass is 9.80. The number of hydrogen-bond acceptors (Lipinski definition) is 10. The Morgan fingerprint density at radius 1 is 0.698 bits per heavy atom. The van der Waals surface area contributed by atoms with Crippen molar-refractivity contribution in [2.24, 2.45) is 0 Å². The highest BCUT2D eigenvalue weighted by molar-refractivity contribution is 9.10. The maximum absolute atomic E-state index is 14.4. The number of fused-ring (bicyclic) bond motifs is 1. The van der Waals surface area contributed by atoms with E-state index in [4.69, 9.17) is 18.9 Å². The topological polar surface area (TPSA) is 127 Å². The van der Waals surface area contributed by atoms with E-state index in [0.717, 1.165) is 61.3 Å². The van der Waals surface area contributed by atoms with E-state index >= 15 is 0 Å². The highest BCUT2D eigenvalue weighted by Crippen LogP contribution is 2.42. The molecule has 0 amide bonds. The molecule has 2 heterocycles. The van der Waals surface area contributed by atoms with Crippen LogP contribution in [0.5, 0.6) is 11.5 Å². The largest absolute Gasteiger partial charge is 0.497 e. The minimum Gasteiger partial charge on any atom is -0.497 e. The summed E-state index contributed by atoms with van der Waals surface area (Å²) in [5, 5.41) is 4.27. The standard InChI is InChI=1S/C51H48BrN3O8/c1-59-42-20-16-40(17-21-42)51(39-9-5-4-6-10-39,41-18-22-43(60-2)23-19-41)63-29-28-54-32-46(56)50-49(52)44-24-15-37(38-8-7-27-53-31-38)30-45(44)55(50)33-35-11-13-36(14-12-35)34-62-48(58)26-25-47(57)61-3/h4-24,27,30-31,54H,25-26,28-29,32-34H2,1-3H3. The number of rotatable bonds is 20. The number of nitrogens with one attached hydrogen (secondary N) is 1. The molecule has 7 aromatic rings.